The lowest BCUT2D eigenvalue weighted by atomic mass is 10.0. The lowest BCUT2D eigenvalue weighted by molar-refractivity contribution is -0.153. The second-order valence-electron chi connectivity index (χ2n) is 7.51. The summed E-state index contributed by atoms with van der Waals surface area (Å²) in [7, 11) is 0. The van der Waals surface area contributed by atoms with Crippen molar-refractivity contribution in [1.82, 2.24) is 4.90 Å². The molecule has 0 N–H and O–H groups in total. The first kappa shape index (κ1) is 19.3. The van der Waals surface area contributed by atoms with E-state index in [-0.39, 0.29) is 23.4 Å². The molecule has 0 unspecified atom stereocenters. The third-order valence-electron chi connectivity index (χ3n) is 5.62. The number of carbonyl (C=O) groups is 4. The largest absolute Gasteiger partial charge is 0.465 e. The van der Waals surface area contributed by atoms with Gasteiger partial charge in [0, 0.05) is 6.54 Å². The van der Waals surface area contributed by atoms with Crippen LogP contribution in [0.25, 0.3) is 0 Å². The molecule has 0 aromatic heterocycles. The normalized spacial score (nSPS) is 20.7. The van der Waals surface area contributed by atoms with Gasteiger partial charge in [-0.2, -0.15) is 0 Å². The molecule has 3 fully saturated rings. The van der Waals surface area contributed by atoms with E-state index in [0.29, 0.717) is 32.5 Å². The van der Waals surface area contributed by atoms with Crippen molar-refractivity contribution in [2.45, 2.75) is 46.1 Å². The number of likely N-dealkylation sites (tertiary alicyclic amines) is 1. The number of ether oxygens (including phenoxy) is 1. The van der Waals surface area contributed by atoms with Crippen molar-refractivity contribution >= 4 is 23.4 Å². The number of hydrogen-bond acceptors (Lipinski definition) is 5. The molecule has 1 spiro atoms. The maximum atomic E-state index is 12.0. The highest BCUT2D eigenvalue weighted by Crippen LogP contribution is 2.51. The monoisotopic (exact) mass is 371 g/mol. The number of rotatable bonds is 5. The van der Waals surface area contributed by atoms with Crippen LogP contribution in [0.15, 0.2) is 30.3 Å². The second kappa shape index (κ2) is 7.25. The molecule has 1 aromatic carbocycles. The number of ketones is 2. The Labute approximate surface area is 158 Å². The molecule has 1 heterocycles. The van der Waals surface area contributed by atoms with Crippen molar-refractivity contribution in [2.75, 3.05) is 13.2 Å². The Morgan fingerprint density at radius 2 is 1.70 bits per heavy atom. The quantitative estimate of drug-likeness (QED) is 0.586. The molecule has 4 rings (SSSR count). The molecule has 0 bridgehead atoms. The van der Waals surface area contributed by atoms with E-state index in [9.17, 15) is 19.2 Å². The molecule has 144 valence electrons. The molecule has 1 aliphatic heterocycles. The van der Waals surface area contributed by atoms with E-state index in [2.05, 4.69) is 0 Å². The molecule has 2 aliphatic carbocycles. The van der Waals surface area contributed by atoms with Crippen molar-refractivity contribution in [3.05, 3.63) is 35.9 Å². The standard InChI is InChI=1S/C13H13NO2.C8H12O3/c15-11-9-14(12(16)13(11)6-7-13)8-10-4-2-1-3-5-10;1-3-11-7(10)8(4-5-8)6(2)9/h1-5H,6-9H2;3-5H2,1-2H3. The van der Waals surface area contributed by atoms with Gasteiger partial charge in [-0.1, -0.05) is 30.3 Å². The summed E-state index contributed by atoms with van der Waals surface area (Å²) < 4.78 is 4.77. The zero-order chi connectivity index (χ0) is 19.7. The van der Waals surface area contributed by atoms with Crippen LogP contribution in [-0.4, -0.2) is 41.5 Å². The molecule has 2 saturated carbocycles. The van der Waals surface area contributed by atoms with Crippen molar-refractivity contribution in [3.8, 4) is 0 Å². The van der Waals surface area contributed by atoms with E-state index in [1.165, 1.54) is 6.92 Å². The Bertz CT molecular complexity index is 762. The first-order valence-electron chi connectivity index (χ1n) is 9.40. The third kappa shape index (κ3) is 3.66. The van der Waals surface area contributed by atoms with Crippen LogP contribution in [0.2, 0.25) is 0 Å². The number of carbonyl (C=O) groups excluding carboxylic acids is 4. The molecule has 3 aliphatic rings. The fourth-order valence-electron chi connectivity index (χ4n) is 3.46. The molecule has 1 aromatic rings. The van der Waals surface area contributed by atoms with Crippen molar-refractivity contribution in [1.29, 1.82) is 0 Å². The topological polar surface area (TPSA) is 80.8 Å². The van der Waals surface area contributed by atoms with Gasteiger partial charge in [-0.25, -0.2) is 0 Å². The van der Waals surface area contributed by atoms with Gasteiger partial charge in [0.15, 0.2) is 5.78 Å². The van der Waals surface area contributed by atoms with Gasteiger partial charge in [0.25, 0.3) is 0 Å². The van der Waals surface area contributed by atoms with Crippen LogP contribution in [0, 0.1) is 10.8 Å². The average Bonchev–Trinajstić information content (AvgIpc) is 3.55. The van der Waals surface area contributed by atoms with Crippen molar-refractivity contribution in [2.24, 2.45) is 10.8 Å². The van der Waals surface area contributed by atoms with Crippen LogP contribution in [-0.2, 0) is 30.5 Å². The first-order chi connectivity index (χ1) is 12.9. The molecule has 0 radical (unpaired) electrons. The van der Waals surface area contributed by atoms with Gasteiger partial charge in [0.05, 0.1) is 13.2 Å². The predicted octanol–water partition coefficient (Wildman–Crippen LogP) is 2.30. The summed E-state index contributed by atoms with van der Waals surface area (Å²) in [6, 6.07) is 9.81. The van der Waals surface area contributed by atoms with E-state index in [1.54, 1.807) is 11.8 Å². The van der Waals surface area contributed by atoms with Crippen LogP contribution in [0.3, 0.4) is 0 Å². The maximum Gasteiger partial charge on any atom is 0.319 e. The lowest BCUT2D eigenvalue weighted by Crippen LogP contribution is -2.27. The maximum absolute atomic E-state index is 12.0. The van der Waals surface area contributed by atoms with Crippen LogP contribution in [0.4, 0.5) is 0 Å². The fraction of sp³-hybridized carbons (Fsp3) is 0.524. The number of hydrogen-bond donors (Lipinski definition) is 0. The molecule has 6 nitrogen and oxygen atoms in total. The summed E-state index contributed by atoms with van der Waals surface area (Å²) >= 11 is 0. The minimum atomic E-state index is -0.740. The van der Waals surface area contributed by atoms with Gasteiger partial charge in [-0.05, 0) is 45.1 Å². The summed E-state index contributed by atoms with van der Waals surface area (Å²) in [4.78, 5) is 47.5. The molecule has 0 atom stereocenters. The van der Waals surface area contributed by atoms with Gasteiger partial charge < -0.3 is 9.64 Å². The van der Waals surface area contributed by atoms with Crippen molar-refractivity contribution < 1.29 is 23.9 Å². The van der Waals surface area contributed by atoms with Crippen molar-refractivity contribution in [3.63, 3.8) is 0 Å². The van der Waals surface area contributed by atoms with E-state index in [0.717, 1.165) is 18.4 Å². The summed E-state index contributed by atoms with van der Waals surface area (Å²) in [5, 5.41) is 0. The Hall–Kier alpha value is -2.50. The van der Waals surface area contributed by atoms with Gasteiger partial charge in [-0.15, -0.1) is 0 Å². The highest BCUT2D eigenvalue weighted by atomic mass is 16.5. The summed E-state index contributed by atoms with van der Waals surface area (Å²) in [6.07, 6.45) is 2.86. The molecule has 27 heavy (non-hydrogen) atoms. The van der Waals surface area contributed by atoms with Gasteiger partial charge in [-0.3, -0.25) is 19.2 Å². The van der Waals surface area contributed by atoms with Crippen LogP contribution in [0.1, 0.15) is 45.1 Å². The van der Waals surface area contributed by atoms with Crippen LogP contribution >= 0.6 is 0 Å². The minimum absolute atomic E-state index is 0.0429. The highest BCUT2D eigenvalue weighted by molar-refractivity contribution is 6.15. The fourth-order valence-corrected chi connectivity index (χ4v) is 3.46. The highest BCUT2D eigenvalue weighted by Gasteiger charge is 2.61. The Balaban J connectivity index is 0.000000168. The second-order valence-corrected chi connectivity index (χ2v) is 7.51. The third-order valence-corrected chi connectivity index (χ3v) is 5.62. The number of amides is 1. The van der Waals surface area contributed by atoms with E-state index >= 15 is 0 Å². The summed E-state index contributed by atoms with van der Waals surface area (Å²) in [5.74, 6) is -0.238. The molecular formula is C21H25NO5. The van der Waals surface area contributed by atoms with E-state index in [1.807, 2.05) is 30.3 Å². The molecule has 1 amide bonds. The predicted molar refractivity (Wildman–Crippen MR) is 97.5 cm³/mol. The number of esters is 1. The van der Waals surface area contributed by atoms with Gasteiger partial charge in [0.2, 0.25) is 5.91 Å². The number of nitrogens with zero attached hydrogens (tertiary/aromatic N) is 1. The molecule has 1 saturated heterocycles. The number of Topliss-reactive ketones (excluding diaryl/α,β-unsaturated/α-hetero) is 2. The summed E-state index contributed by atoms with van der Waals surface area (Å²) in [5.41, 5.74) is -0.244. The zero-order valence-electron chi connectivity index (χ0n) is 15.8. The molecule has 6 heteroatoms. The Morgan fingerprint density at radius 3 is 2.15 bits per heavy atom. The first-order valence-corrected chi connectivity index (χ1v) is 9.40. The Morgan fingerprint density at radius 1 is 1.07 bits per heavy atom. The zero-order valence-corrected chi connectivity index (χ0v) is 15.8. The minimum Gasteiger partial charge on any atom is -0.465 e. The average molecular weight is 371 g/mol. The van der Waals surface area contributed by atoms with Crippen LogP contribution < -0.4 is 0 Å². The smallest absolute Gasteiger partial charge is 0.319 e. The Kier molecular flexibility index (Phi) is 5.18. The van der Waals surface area contributed by atoms with E-state index in [4.69, 9.17) is 4.74 Å². The van der Waals surface area contributed by atoms with Gasteiger partial charge >= 0.3 is 5.97 Å². The van der Waals surface area contributed by atoms with Gasteiger partial charge in [0.1, 0.15) is 16.6 Å². The summed E-state index contributed by atoms with van der Waals surface area (Å²) in [6.45, 7) is 4.41. The SMILES string of the molecule is CCOC(=O)C1(C(C)=O)CC1.O=C1CN(Cc2ccccc2)C(=O)C12CC2. The van der Waals surface area contributed by atoms with Crippen LogP contribution in [0.5, 0.6) is 0 Å². The number of benzene rings is 1. The van der Waals surface area contributed by atoms with E-state index < -0.39 is 10.8 Å². The lowest BCUT2D eigenvalue weighted by Gasteiger charge is -2.15. The molecular weight excluding hydrogens is 346 g/mol.